The van der Waals surface area contributed by atoms with Gasteiger partial charge in [-0.3, -0.25) is 0 Å². The van der Waals surface area contributed by atoms with Crippen molar-refractivity contribution in [3.05, 3.63) is 182 Å². The first-order chi connectivity index (χ1) is 25.8. The first-order valence-corrected chi connectivity index (χ1v) is 17.7. The summed E-state index contributed by atoms with van der Waals surface area (Å²) in [5.74, 6) is 0. The first-order valence-electron chi connectivity index (χ1n) is 17.7. The van der Waals surface area contributed by atoms with E-state index in [1.165, 1.54) is 48.7 Å². The second-order valence-corrected chi connectivity index (χ2v) is 13.6. The Bertz CT molecular complexity index is 3190. The molecule has 0 aliphatic carbocycles. The zero-order valence-corrected chi connectivity index (χ0v) is 28.1. The molecule has 2 aromatic heterocycles. The van der Waals surface area contributed by atoms with Gasteiger partial charge in [0, 0.05) is 21.9 Å². The normalized spacial score (nSPS) is 11.8. The second-order valence-electron chi connectivity index (χ2n) is 13.6. The van der Waals surface area contributed by atoms with Crippen molar-refractivity contribution in [1.29, 1.82) is 0 Å². The van der Waals surface area contributed by atoms with Gasteiger partial charge >= 0.3 is 0 Å². The predicted octanol–water partition coefficient (Wildman–Crippen LogP) is 14.5. The molecule has 0 amide bonds. The molecular weight excluding hydrogens is 633 g/mol. The number of hydrogen-bond acceptors (Lipinski definition) is 2. The molecule has 0 aliphatic heterocycles. The minimum atomic E-state index is 0.886. The lowest BCUT2D eigenvalue weighted by molar-refractivity contribution is 0.617. The van der Waals surface area contributed by atoms with E-state index in [0.717, 1.165) is 60.9 Å². The molecule has 9 aromatic carbocycles. The van der Waals surface area contributed by atoms with E-state index >= 15 is 0 Å². The Morgan fingerprint density at radius 1 is 0.269 bits per heavy atom. The zero-order valence-electron chi connectivity index (χ0n) is 28.1. The van der Waals surface area contributed by atoms with E-state index in [9.17, 15) is 0 Å². The largest absolute Gasteiger partial charge is 0.464 e. The predicted molar refractivity (Wildman–Crippen MR) is 218 cm³/mol. The molecule has 11 rings (SSSR count). The molecule has 2 heteroatoms. The van der Waals surface area contributed by atoms with E-state index in [-0.39, 0.29) is 0 Å². The van der Waals surface area contributed by atoms with Gasteiger partial charge in [0.25, 0.3) is 0 Å². The first kappa shape index (κ1) is 28.9. The summed E-state index contributed by atoms with van der Waals surface area (Å²) < 4.78 is 12.6. The Morgan fingerprint density at radius 2 is 0.712 bits per heavy atom. The summed E-state index contributed by atoms with van der Waals surface area (Å²) in [6, 6.07) is 61.1. The molecule has 11 aromatic rings. The van der Waals surface area contributed by atoms with Crippen LogP contribution in [0.5, 0.6) is 0 Å². The minimum absolute atomic E-state index is 0.886. The highest BCUT2D eigenvalue weighted by Gasteiger charge is 2.22. The summed E-state index contributed by atoms with van der Waals surface area (Å²) in [6.07, 6.45) is 3.87. The van der Waals surface area contributed by atoms with Crippen molar-refractivity contribution in [2.75, 3.05) is 0 Å². The molecule has 0 N–H and O–H groups in total. The van der Waals surface area contributed by atoms with Gasteiger partial charge in [0.1, 0.15) is 11.2 Å². The molecule has 52 heavy (non-hydrogen) atoms. The Hall–Kier alpha value is -6.90. The van der Waals surface area contributed by atoms with Gasteiger partial charge in [0.05, 0.1) is 12.5 Å². The fraction of sp³-hybridized carbons (Fsp3) is 0. The lowest BCUT2D eigenvalue weighted by Crippen LogP contribution is -1.93. The molecule has 0 radical (unpaired) electrons. The molecule has 242 valence electrons. The van der Waals surface area contributed by atoms with E-state index in [2.05, 4.69) is 170 Å². The lowest BCUT2D eigenvalue weighted by atomic mass is 9.83. The third-order valence-electron chi connectivity index (χ3n) is 10.8. The maximum atomic E-state index is 6.30. The smallest absolute Gasteiger partial charge is 0.135 e. The Labute approximate surface area is 299 Å². The highest BCUT2D eigenvalue weighted by atomic mass is 16.3. The van der Waals surface area contributed by atoms with Gasteiger partial charge in [-0.1, -0.05) is 146 Å². The third-order valence-corrected chi connectivity index (χ3v) is 10.8. The summed E-state index contributed by atoms with van der Waals surface area (Å²) in [5.41, 5.74) is 10.9. The van der Waals surface area contributed by atoms with Crippen LogP contribution in [0.2, 0.25) is 0 Å². The molecule has 0 fully saturated rings. The Balaban J connectivity index is 1.24. The van der Waals surface area contributed by atoms with Crippen LogP contribution in [0.4, 0.5) is 0 Å². The van der Waals surface area contributed by atoms with E-state index < -0.39 is 0 Å². The molecule has 0 saturated heterocycles. The van der Waals surface area contributed by atoms with Gasteiger partial charge in [-0.05, 0) is 101 Å². The number of benzene rings is 9. The van der Waals surface area contributed by atoms with Gasteiger partial charge in [0.2, 0.25) is 0 Å². The number of hydrogen-bond donors (Lipinski definition) is 0. The highest BCUT2D eigenvalue weighted by molar-refractivity contribution is 6.18. The van der Waals surface area contributed by atoms with E-state index in [1.54, 1.807) is 0 Å². The number of fused-ring (bicyclic) bond motifs is 8. The van der Waals surface area contributed by atoms with Crippen LogP contribution in [0.1, 0.15) is 0 Å². The van der Waals surface area contributed by atoms with Crippen molar-refractivity contribution in [2.24, 2.45) is 0 Å². The molecule has 0 spiro atoms. The van der Waals surface area contributed by atoms with Crippen LogP contribution in [0.3, 0.4) is 0 Å². The van der Waals surface area contributed by atoms with Crippen molar-refractivity contribution < 1.29 is 8.83 Å². The fourth-order valence-electron chi connectivity index (χ4n) is 8.43. The zero-order chi connectivity index (χ0) is 34.2. The highest BCUT2D eigenvalue weighted by Crippen LogP contribution is 2.48. The van der Waals surface area contributed by atoms with E-state index in [4.69, 9.17) is 8.83 Å². The molecule has 0 unspecified atom stereocenters. The van der Waals surface area contributed by atoms with Crippen LogP contribution in [0, 0.1) is 0 Å². The van der Waals surface area contributed by atoms with Gasteiger partial charge in [-0.2, -0.15) is 0 Å². The summed E-state index contributed by atoms with van der Waals surface area (Å²) in [5, 5.41) is 11.9. The fourth-order valence-corrected chi connectivity index (χ4v) is 8.43. The molecule has 2 heterocycles. The van der Waals surface area contributed by atoms with Crippen molar-refractivity contribution in [2.45, 2.75) is 0 Å². The summed E-state index contributed by atoms with van der Waals surface area (Å²) in [7, 11) is 0. The van der Waals surface area contributed by atoms with Crippen molar-refractivity contribution >= 4 is 65.0 Å². The lowest BCUT2D eigenvalue weighted by Gasteiger charge is -2.20. The average molecular weight is 663 g/mol. The topological polar surface area (TPSA) is 26.3 Å². The van der Waals surface area contributed by atoms with E-state index in [0.29, 0.717) is 0 Å². The average Bonchev–Trinajstić information content (AvgIpc) is 3.85. The molecular formula is C50H30O2. The quantitative estimate of drug-likeness (QED) is 0.175. The van der Waals surface area contributed by atoms with Crippen molar-refractivity contribution in [3.8, 4) is 44.5 Å². The molecule has 0 atom stereocenters. The number of rotatable bonds is 4. The van der Waals surface area contributed by atoms with Crippen LogP contribution in [0.25, 0.3) is 110 Å². The maximum absolute atomic E-state index is 6.30. The maximum Gasteiger partial charge on any atom is 0.135 e. The Kier molecular flexibility index (Phi) is 6.28. The van der Waals surface area contributed by atoms with Crippen LogP contribution >= 0.6 is 0 Å². The minimum Gasteiger partial charge on any atom is -0.464 e. The summed E-state index contributed by atoms with van der Waals surface area (Å²) in [4.78, 5) is 0. The summed E-state index contributed by atoms with van der Waals surface area (Å²) in [6.45, 7) is 0. The van der Waals surface area contributed by atoms with Crippen molar-refractivity contribution in [3.63, 3.8) is 0 Å². The SMILES string of the molecule is c1ccc(-c2coc3ccc4ccccc4c23)c(-c2ccc3cc4ccccc4cc3c2-c2ccccc2-c2coc3ccc4ccccc4c23)c1. The monoisotopic (exact) mass is 662 g/mol. The van der Waals surface area contributed by atoms with Crippen LogP contribution < -0.4 is 0 Å². The molecule has 0 bridgehead atoms. The molecule has 2 nitrogen and oxygen atoms in total. The summed E-state index contributed by atoms with van der Waals surface area (Å²) >= 11 is 0. The van der Waals surface area contributed by atoms with Crippen molar-refractivity contribution in [1.82, 2.24) is 0 Å². The molecule has 0 aliphatic rings. The van der Waals surface area contributed by atoms with Crippen LogP contribution in [-0.4, -0.2) is 0 Å². The van der Waals surface area contributed by atoms with E-state index in [1.807, 2.05) is 12.5 Å². The van der Waals surface area contributed by atoms with Crippen LogP contribution in [-0.2, 0) is 0 Å². The molecule has 0 saturated carbocycles. The second kappa shape index (κ2) is 11.3. The standard InChI is InChI=1S/C50H30O2/c1-2-14-34-28-43-35(27-33(34)13-1)21-24-42(38-17-7-8-18-39(38)44-29-51-46-25-22-31-11-3-5-15-36(31)49(44)46)48(43)41-20-10-9-19-40(41)45-30-52-47-26-23-32-12-4-6-16-37(32)50(45)47/h1-30H. The number of furan rings is 2. The van der Waals surface area contributed by atoms with Gasteiger partial charge in [0.15, 0.2) is 0 Å². The third kappa shape index (κ3) is 4.31. The van der Waals surface area contributed by atoms with Gasteiger partial charge in [-0.25, -0.2) is 0 Å². The van der Waals surface area contributed by atoms with Gasteiger partial charge in [-0.15, -0.1) is 0 Å². The van der Waals surface area contributed by atoms with Crippen LogP contribution in [0.15, 0.2) is 191 Å². The van der Waals surface area contributed by atoms with Gasteiger partial charge < -0.3 is 8.83 Å². The Morgan fingerprint density at radius 3 is 1.31 bits per heavy atom.